The van der Waals surface area contributed by atoms with Crippen LogP contribution in [0.5, 0.6) is 0 Å². The third-order valence-electron chi connectivity index (χ3n) is 2.00. The van der Waals surface area contributed by atoms with Crippen molar-refractivity contribution in [2.45, 2.75) is 24.6 Å². The summed E-state index contributed by atoms with van der Waals surface area (Å²) in [4.78, 5) is 22.6. The van der Waals surface area contributed by atoms with Crippen LogP contribution < -0.4 is 10.9 Å². The van der Waals surface area contributed by atoms with E-state index in [-0.39, 0.29) is 22.0 Å². The Morgan fingerprint density at radius 3 is 2.94 bits per heavy atom. The molecule has 0 saturated carbocycles. The summed E-state index contributed by atoms with van der Waals surface area (Å²) in [6.45, 7) is 2.63. The molecule has 2 N–H and O–H groups in total. The fourth-order valence-corrected chi connectivity index (χ4v) is 1.80. The highest BCUT2D eigenvalue weighted by Gasteiger charge is 2.09. The van der Waals surface area contributed by atoms with Gasteiger partial charge in [0.25, 0.3) is 11.5 Å². The summed E-state index contributed by atoms with van der Waals surface area (Å²) in [5.74, 6) is -0.281. The predicted molar refractivity (Wildman–Crippen MR) is 64.8 cm³/mol. The zero-order valence-electron chi connectivity index (χ0n) is 9.00. The number of aromatic nitrogens is 2. The molecule has 16 heavy (non-hydrogen) atoms. The van der Waals surface area contributed by atoms with E-state index < -0.39 is 0 Å². The predicted octanol–water partition coefficient (Wildman–Crippen LogP) is 1.06. The molecule has 6 heteroatoms. The maximum atomic E-state index is 11.5. The van der Waals surface area contributed by atoms with Crippen LogP contribution in [0.4, 0.5) is 0 Å². The van der Waals surface area contributed by atoms with E-state index >= 15 is 0 Å². The first-order valence-corrected chi connectivity index (χ1v) is 6.03. The van der Waals surface area contributed by atoms with Gasteiger partial charge in [-0.05, 0) is 12.5 Å². The average molecular weight is 288 g/mol. The Hall–Kier alpha value is -1.17. The molecule has 0 aliphatic heterocycles. The minimum Gasteiger partial charge on any atom is -0.350 e. The van der Waals surface area contributed by atoms with Crippen molar-refractivity contribution >= 4 is 21.8 Å². The van der Waals surface area contributed by atoms with Crippen LogP contribution in [0.15, 0.2) is 16.9 Å². The molecule has 1 amide bonds. The van der Waals surface area contributed by atoms with Crippen molar-refractivity contribution < 1.29 is 4.79 Å². The van der Waals surface area contributed by atoms with E-state index in [1.54, 1.807) is 0 Å². The normalized spacial score (nSPS) is 12.1. The van der Waals surface area contributed by atoms with Gasteiger partial charge in [0.2, 0.25) is 0 Å². The molecule has 0 bridgehead atoms. The fraction of sp³-hybridized carbons (Fsp3) is 0.500. The third-order valence-corrected chi connectivity index (χ3v) is 2.78. The molecule has 0 saturated heterocycles. The molecule has 0 aliphatic carbocycles. The molecule has 1 rings (SSSR count). The Labute approximate surface area is 102 Å². The SMILES string of the molecule is CCCC(Br)CNC(=O)c1ccc(=O)[nH]n1. The summed E-state index contributed by atoms with van der Waals surface area (Å²) in [5, 5.41) is 8.59. The number of nitrogens with zero attached hydrogens (tertiary/aromatic N) is 1. The first-order chi connectivity index (χ1) is 7.63. The highest BCUT2D eigenvalue weighted by atomic mass is 79.9. The zero-order valence-corrected chi connectivity index (χ0v) is 10.6. The molecule has 88 valence electrons. The van der Waals surface area contributed by atoms with Gasteiger partial charge in [-0.15, -0.1) is 0 Å². The molecule has 1 aromatic heterocycles. The largest absolute Gasteiger partial charge is 0.350 e. The van der Waals surface area contributed by atoms with Crippen molar-refractivity contribution in [1.29, 1.82) is 0 Å². The van der Waals surface area contributed by atoms with Crippen molar-refractivity contribution in [2.75, 3.05) is 6.54 Å². The van der Waals surface area contributed by atoms with Gasteiger partial charge in [0.05, 0.1) is 0 Å². The smallest absolute Gasteiger partial charge is 0.271 e. The lowest BCUT2D eigenvalue weighted by atomic mass is 10.2. The Morgan fingerprint density at radius 1 is 1.62 bits per heavy atom. The summed E-state index contributed by atoms with van der Waals surface area (Å²) in [5.41, 5.74) is -0.100. The van der Waals surface area contributed by atoms with Crippen molar-refractivity contribution in [3.8, 4) is 0 Å². The van der Waals surface area contributed by atoms with Crippen molar-refractivity contribution in [3.05, 3.63) is 28.2 Å². The first-order valence-electron chi connectivity index (χ1n) is 5.11. The van der Waals surface area contributed by atoms with Gasteiger partial charge in [-0.25, -0.2) is 5.10 Å². The molecule has 0 radical (unpaired) electrons. The number of rotatable bonds is 5. The molecule has 0 spiro atoms. The van der Waals surface area contributed by atoms with Gasteiger partial charge in [-0.3, -0.25) is 9.59 Å². The summed E-state index contributed by atoms with van der Waals surface area (Å²) in [6.07, 6.45) is 2.06. The number of H-pyrrole nitrogens is 1. The number of carbonyl (C=O) groups is 1. The van der Waals surface area contributed by atoms with Crippen LogP contribution in [0.3, 0.4) is 0 Å². The first kappa shape index (κ1) is 12.9. The van der Waals surface area contributed by atoms with Gasteiger partial charge in [0.1, 0.15) is 5.69 Å². The molecule has 1 atom stereocenters. The number of hydrogen-bond acceptors (Lipinski definition) is 3. The number of aromatic amines is 1. The molecule has 1 heterocycles. The summed E-state index contributed by atoms with van der Waals surface area (Å²) >= 11 is 3.46. The van der Waals surface area contributed by atoms with E-state index in [0.29, 0.717) is 6.54 Å². The lowest BCUT2D eigenvalue weighted by Gasteiger charge is -2.09. The Balaban J connectivity index is 2.46. The zero-order chi connectivity index (χ0) is 12.0. The van der Waals surface area contributed by atoms with Gasteiger partial charge >= 0.3 is 0 Å². The average Bonchev–Trinajstić information content (AvgIpc) is 2.27. The molecular weight excluding hydrogens is 274 g/mol. The highest BCUT2D eigenvalue weighted by Crippen LogP contribution is 2.06. The number of halogens is 1. The number of hydrogen-bond donors (Lipinski definition) is 2. The maximum Gasteiger partial charge on any atom is 0.271 e. The van der Waals surface area contributed by atoms with E-state index in [9.17, 15) is 9.59 Å². The fourth-order valence-electron chi connectivity index (χ4n) is 1.18. The Bertz CT molecular complexity index is 385. The van der Waals surface area contributed by atoms with Crippen LogP contribution >= 0.6 is 15.9 Å². The monoisotopic (exact) mass is 287 g/mol. The number of nitrogens with one attached hydrogen (secondary N) is 2. The van der Waals surface area contributed by atoms with E-state index in [1.807, 2.05) is 0 Å². The topological polar surface area (TPSA) is 74.8 Å². The van der Waals surface area contributed by atoms with E-state index in [4.69, 9.17) is 0 Å². The van der Waals surface area contributed by atoms with Crippen molar-refractivity contribution in [2.24, 2.45) is 0 Å². The number of carbonyl (C=O) groups excluding carboxylic acids is 1. The summed E-state index contributed by atoms with van der Waals surface area (Å²) in [6, 6.07) is 2.68. The van der Waals surface area contributed by atoms with Crippen LogP contribution in [0.1, 0.15) is 30.3 Å². The van der Waals surface area contributed by atoms with Gasteiger partial charge in [-0.2, -0.15) is 5.10 Å². The van der Waals surface area contributed by atoms with Crippen LogP contribution in [0.2, 0.25) is 0 Å². The Morgan fingerprint density at radius 2 is 2.38 bits per heavy atom. The second-order valence-corrected chi connectivity index (χ2v) is 4.70. The van der Waals surface area contributed by atoms with Crippen molar-refractivity contribution in [3.63, 3.8) is 0 Å². The summed E-state index contributed by atoms with van der Waals surface area (Å²) in [7, 11) is 0. The van der Waals surface area contributed by atoms with Crippen LogP contribution in [-0.2, 0) is 0 Å². The van der Waals surface area contributed by atoms with Gasteiger partial charge in [0.15, 0.2) is 0 Å². The van der Waals surface area contributed by atoms with E-state index in [1.165, 1.54) is 12.1 Å². The lowest BCUT2D eigenvalue weighted by molar-refractivity contribution is 0.0947. The molecule has 0 aliphatic rings. The molecule has 5 nitrogen and oxygen atoms in total. The lowest BCUT2D eigenvalue weighted by Crippen LogP contribution is -2.30. The molecule has 1 aromatic rings. The minimum absolute atomic E-state index is 0.218. The second-order valence-electron chi connectivity index (χ2n) is 3.40. The summed E-state index contributed by atoms with van der Waals surface area (Å²) < 4.78 is 0. The quantitative estimate of drug-likeness (QED) is 0.796. The Kier molecular flexibility index (Phi) is 5.18. The molecule has 1 unspecified atom stereocenters. The second kappa shape index (κ2) is 6.42. The van der Waals surface area contributed by atoms with E-state index in [0.717, 1.165) is 12.8 Å². The van der Waals surface area contributed by atoms with Crippen LogP contribution in [-0.4, -0.2) is 27.5 Å². The highest BCUT2D eigenvalue weighted by molar-refractivity contribution is 9.09. The minimum atomic E-state index is -0.319. The van der Waals surface area contributed by atoms with Gasteiger partial charge in [-0.1, -0.05) is 29.3 Å². The number of alkyl halides is 1. The van der Waals surface area contributed by atoms with Gasteiger partial charge in [0, 0.05) is 17.4 Å². The molecule has 0 fully saturated rings. The van der Waals surface area contributed by atoms with E-state index in [2.05, 4.69) is 38.4 Å². The van der Waals surface area contributed by atoms with Crippen LogP contribution in [0, 0.1) is 0 Å². The van der Waals surface area contributed by atoms with Crippen molar-refractivity contribution in [1.82, 2.24) is 15.5 Å². The third kappa shape index (κ3) is 4.14. The van der Waals surface area contributed by atoms with Crippen LogP contribution in [0.25, 0.3) is 0 Å². The molecule has 0 aromatic carbocycles. The standard InChI is InChI=1S/C10H14BrN3O2/c1-2-3-7(11)6-12-10(16)8-4-5-9(15)14-13-8/h4-5,7H,2-3,6H2,1H3,(H,12,16)(H,14,15). The van der Waals surface area contributed by atoms with Gasteiger partial charge < -0.3 is 5.32 Å². The maximum absolute atomic E-state index is 11.5. The molecular formula is C10H14BrN3O2. The number of amides is 1.